The first-order chi connectivity index (χ1) is 17.0. The molecule has 4 rings (SSSR count). The lowest BCUT2D eigenvalue weighted by atomic mass is 10.1. The van der Waals surface area contributed by atoms with Crippen molar-refractivity contribution in [1.82, 2.24) is 10.3 Å². The Morgan fingerprint density at radius 3 is 2.49 bits per heavy atom. The highest BCUT2D eigenvalue weighted by atomic mass is 79.9. The zero-order valence-corrected chi connectivity index (χ0v) is 21.0. The number of hydrogen-bond donors (Lipinski definition) is 2. The molecule has 0 radical (unpaired) electrons. The minimum atomic E-state index is -0.879. The van der Waals surface area contributed by atoms with Gasteiger partial charge in [0.2, 0.25) is 5.89 Å². The third-order valence-electron chi connectivity index (χ3n) is 5.68. The summed E-state index contributed by atoms with van der Waals surface area (Å²) in [5.74, 6) is 1.25. The van der Waals surface area contributed by atoms with E-state index in [4.69, 9.17) is 9.15 Å². The van der Waals surface area contributed by atoms with Gasteiger partial charge in [-0.25, -0.2) is 4.98 Å². The lowest BCUT2D eigenvalue weighted by Crippen LogP contribution is -2.38. The van der Waals surface area contributed by atoms with E-state index in [0.29, 0.717) is 31.9 Å². The van der Waals surface area contributed by atoms with Gasteiger partial charge in [0, 0.05) is 23.0 Å². The number of aryl methyl sites for hydroxylation is 1. The quantitative estimate of drug-likeness (QED) is 0.252. The summed E-state index contributed by atoms with van der Waals surface area (Å²) in [6.45, 7) is 2.84. The van der Waals surface area contributed by atoms with Crippen molar-refractivity contribution in [2.24, 2.45) is 0 Å². The minimum Gasteiger partial charge on any atom is -0.493 e. The Morgan fingerprint density at radius 2 is 1.77 bits per heavy atom. The van der Waals surface area contributed by atoms with Gasteiger partial charge >= 0.3 is 5.97 Å². The molecule has 0 aliphatic rings. The van der Waals surface area contributed by atoms with E-state index in [-0.39, 0.29) is 0 Å². The number of benzene rings is 3. The number of halogens is 1. The number of aliphatic carboxylic acids is 1. The third kappa shape index (κ3) is 6.81. The molecule has 0 aliphatic heterocycles. The normalized spacial score (nSPS) is 11.8. The smallest absolute Gasteiger partial charge is 0.321 e. The number of oxazole rings is 1. The molecule has 3 aromatic carbocycles. The number of ether oxygens (including phenoxy) is 1. The number of nitrogens with zero attached hydrogens (tertiary/aromatic N) is 1. The number of aromatic nitrogens is 1. The molecular weight excluding hydrogens is 508 g/mol. The van der Waals surface area contributed by atoms with Crippen LogP contribution < -0.4 is 10.1 Å². The summed E-state index contributed by atoms with van der Waals surface area (Å²) in [7, 11) is 0. The van der Waals surface area contributed by atoms with Crippen molar-refractivity contribution in [1.29, 1.82) is 0 Å². The first kappa shape index (κ1) is 24.7. The largest absolute Gasteiger partial charge is 0.493 e. The maximum atomic E-state index is 11.8. The van der Waals surface area contributed by atoms with Crippen molar-refractivity contribution in [3.8, 4) is 17.2 Å². The van der Waals surface area contributed by atoms with E-state index in [9.17, 15) is 9.90 Å². The number of carboxylic acids is 1. The fourth-order valence-electron chi connectivity index (χ4n) is 3.71. The summed E-state index contributed by atoms with van der Waals surface area (Å²) >= 11 is 3.50. The van der Waals surface area contributed by atoms with Crippen LogP contribution in [0.2, 0.25) is 0 Å². The van der Waals surface area contributed by atoms with Gasteiger partial charge in [0.1, 0.15) is 17.6 Å². The molecule has 180 valence electrons. The third-order valence-corrected chi connectivity index (χ3v) is 6.45. The highest BCUT2D eigenvalue weighted by molar-refractivity contribution is 9.10. The number of hydrogen-bond acceptors (Lipinski definition) is 5. The van der Waals surface area contributed by atoms with Crippen LogP contribution in [0.15, 0.2) is 87.8 Å². The summed E-state index contributed by atoms with van der Waals surface area (Å²) in [5, 5.41) is 12.8. The van der Waals surface area contributed by atoms with Gasteiger partial charge in [0.25, 0.3) is 0 Å². The summed E-state index contributed by atoms with van der Waals surface area (Å²) in [4.78, 5) is 16.4. The predicted molar refractivity (Wildman–Crippen MR) is 138 cm³/mol. The highest BCUT2D eigenvalue weighted by Gasteiger charge is 2.18. The molecule has 0 bridgehead atoms. The minimum absolute atomic E-state index is 0.375. The van der Waals surface area contributed by atoms with E-state index in [1.54, 1.807) is 0 Å². The Balaban J connectivity index is 1.29. The van der Waals surface area contributed by atoms with E-state index in [1.165, 1.54) is 0 Å². The highest BCUT2D eigenvalue weighted by Crippen LogP contribution is 2.22. The molecule has 0 fully saturated rings. The average molecular weight is 535 g/mol. The maximum absolute atomic E-state index is 11.8. The molecule has 0 saturated carbocycles. The lowest BCUT2D eigenvalue weighted by Gasteiger charge is -2.15. The van der Waals surface area contributed by atoms with Crippen molar-refractivity contribution < 1.29 is 19.1 Å². The van der Waals surface area contributed by atoms with Gasteiger partial charge in [-0.3, -0.25) is 10.1 Å². The van der Waals surface area contributed by atoms with Crippen molar-refractivity contribution in [2.45, 2.75) is 32.4 Å². The molecule has 2 N–H and O–H groups in total. The maximum Gasteiger partial charge on any atom is 0.321 e. The van der Waals surface area contributed by atoms with Crippen LogP contribution in [0.25, 0.3) is 11.5 Å². The standard InChI is InChI=1S/C28H27BrN2O4/c1-19-25(31-27(35-19)21-7-3-2-4-8-21)15-16-34-23-13-11-20(12-14-23)17-26(28(32)33)30-18-22-9-5-6-10-24(22)29/h2-14,26,30H,15-18H2,1H3,(H,32,33). The van der Waals surface area contributed by atoms with E-state index < -0.39 is 12.0 Å². The molecule has 35 heavy (non-hydrogen) atoms. The first-order valence-electron chi connectivity index (χ1n) is 11.4. The van der Waals surface area contributed by atoms with E-state index in [1.807, 2.05) is 85.8 Å². The van der Waals surface area contributed by atoms with Gasteiger partial charge in [-0.15, -0.1) is 0 Å². The van der Waals surface area contributed by atoms with E-state index >= 15 is 0 Å². The van der Waals surface area contributed by atoms with Gasteiger partial charge in [0.15, 0.2) is 0 Å². The molecule has 7 heteroatoms. The second-order valence-corrected chi connectivity index (χ2v) is 9.05. The Labute approximate surface area is 213 Å². The van der Waals surface area contributed by atoms with Gasteiger partial charge in [-0.2, -0.15) is 0 Å². The fourth-order valence-corrected chi connectivity index (χ4v) is 4.13. The van der Waals surface area contributed by atoms with Crippen LogP contribution in [0.1, 0.15) is 22.6 Å². The molecule has 1 heterocycles. The fraction of sp³-hybridized carbons (Fsp3) is 0.214. The Bertz CT molecular complexity index is 1260. The molecule has 1 aromatic heterocycles. The topological polar surface area (TPSA) is 84.6 Å². The molecule has 1 atom stereocenters. The number of carboxylic acid groups (broad SMARTS) is 1. The molecule has 0 spiro atoms. The van der Waals surface area contributed by atoms with Crippen LogP contribution in [0, 0.1) is 6.92 Å². The predicted octanol–water partition coefficient (Wildman–Crippen LogP) is 5.82. The first-order valence-corrected chi connectivity index (χ1v) is 12.2. The zero-order valence-electron chi connectivity index (χ0n) is 19.4. The number of carbonyl (C=O) groups is 1. The van der Waals surface area contributed by atoms with Gasteiger partial charge in [0.05, 0.1) is 12.3 Å². The molecule has 4 aromatic rings. The zero-order chi connectivity index (χ0) is 24.6. The van der Waals surface area contributed by atoms with Crippen LogP contribution >= 0.6 is 15.9 Å². The SMILES string of the molecule is Cc1oc(-c2ccccc2)nc1CCOc1ccc(CC(NCc2ccccc2Br)C(=O)O)cc1. The summed E-state index contributed by atoms with van der Waals surface area (Å²) in [6, 6.07) is 24.4. The summed E-state index contributed by atoms with van der Waals surface area (Å²) in [6.07, 6.45) is 1.00. The monoisotopic (exact) mass is 534 g/mol. The Hall–Kier alpha value is -3.42. The van der Waals surface area contributed by atoms with Crippen LogP contribution in [-0.4, -0.2) is 28.7 Å². The summed E-state index contributed by atoms with van der Waals surface area (Å²) in [5.41, 5.74) is 3.76. The molecule has 0 aliphatic carbocycles. The second kappa shape index (κ2) is 11.8. The lowest BCUT2D eigenvalue weighted by molar-refractivity contribution is -0.139. The van der Waals surface area contributed by atoms with Crippen LogP contribution in [-0.2, 0) is 24.2 Å². The van der Waals surface area contributed by atoms with Crippen molar-refractivity contribution in [3.63, 3.8) is 0 Å². The Morgan fingerprint density at radius 1 is 1.06 bits per heavy atom. The van der Waals surface area contributed by atoms with Crippen molar-refractivity contribution in [3.05, 3.63) is 106 Å². The van der Waals surface area contributed by atoms with Gasteiger partial charge < -0.3 is 14.3 Å². The molecular formula is C28H27BrN2O4. The number of nitrogens with one attached hydrogen (secondary N) is 1. The molecule has 6 nitrogen and oxygen atoms in total. The summed E-state index contributed by atoms with van der Waals surface area (Å²) < 4.78 is 12.6. The molecule has 0 saturated heterocycles. The van der Waals surface area contributed by atoms with Gasteiger partial charge in [-0.1, -0.05) is 64.5 Å². The number of rotatable bonds is 11. The molecule has 1 unspecified atom stereocenters. The Kier molecular flexibility index (Phi) is 8.34. The van der Waals surface area contributed by atoms with E-state index in [2.05, 4.69) is 26.2 Å². The van der Waals surface area contributed by atoms with Crippen molar-refractivity contribution in [2.75, 3.05) is 6.61 Å². The van der Waals surface area contributed by atoms with Crippen LogP contribution in [0.3, 0.4) is 0 Å². The molecule has 0 amide bonds. The van der Waals surface area contributed by atoms with E-state index in [0.717, 1.165) is 38.4 Å². The second-order valence-electron chi connectivity index (χ2n) is 8.20. The average Bonchev–Trinajstić information content (AvgIpc) is 3.24. The van der Waals surface area contributed by atoms with Crippen LogP contribution in [0.5, 0.6) is 5.75 Å². The van der Waals surface area contributed by atoms with Crippen molar-refractivity contribution >= 4 is 21.9 Å². The van der Waals surface area contributed by atoms with Crippen LogP contribution in [0.4, 0.5) is 0 Å². The van der Waals surface area contributed by atoms with Gasteiger partial charge in [-0.05, 0) is 54.8 Å².